The number of thioether (sulfide) groups is 1. The SMILES string of the molecule is CSC1(F)C=CC(C(=O)c2ccccc2)C=C1. The molecule has 0 amide bonds. The second-order valence-electron chi connectivity index (χ2n) is 3.88. The fourth-order valence-corrected chi connectivity index (χ4v) is 2.12. The maximum absolute atomic E-state index is 13.8. The Hall–Kier alpha value is -1.35. The minimum Gasteiger partial charge on any atom is -0.293 e. The Bertz CT molecular complexity index is 450. The first-order valence-electron chi connectivity index (χ1n) is 5.37. The molecule has 2 rings (SSSR count). The molecule has 0 spiro atoms. The first-order valence-corrected chi connectivity index (χ1v) is 6.59. The van der Waals surface area contributed by atoms with Crippen LogP contribution in [0.4, 0.5) is 4.39 Å². The molecule has 88 valence electrons. The van der Waals surface area contributed by atoms with Crippen molar-refractivity contribution in [2.24, 2.45) is 5.92 Å². The molecule has 0 heterocycles. The van der Waals surface area contributed by atoms with Gasteiger partial charge in [-0.3, -0.25) is 4.79 Å². The quantitative estimate of drug-likeness (QED) is 0.600. The Morgan fingerprint density at radius 2 is 1.82 bits per heavy atom. The first-order chi connectivity index (χ1) is 8.14. The van der Waals surface area contributed by atoms with E-state index in [4.69, 9.17) is 0 Å². The molecule has 0 aliphatic heterocycles. The highest BCUT2D eigenvalue weighted by Crippen LogP contribution is 2.32. The summed E-state index contributed by atoms with van der Waals surface area (Å²) in [6, 6.07) is 9.06. The lowest BCUT2D eigenvalue weighted by molar-refractivity contribution is 0.0964. The predicted octanol–water partition coefficient (Wildman–Crippen LogP) is 3.64. The third-order valence-electron chi connectivity index (χ3n) is 2.74. The van der Waals surface area contributed by atoms with Crippen LogP contribution in [0.1, 0.15) is 10.4 Å². The molecule has 0 bridgehead atoms. The fourth-order valence-electron chi connectivity index (χ4n) is 1.70. The Morgan fingerprint density at radius 3 is 2.35 bits per heavy atom. The number of carbonyl (C=O) groups is 1. The molecule has 0 radical (unpaired) electrons. The maximum atomic E-state index is 13.8. The number of hydrogen-bond donors (Lipinski definition) is 0. The molecule has 0 aromatic heterocycles. The van der Waals surface area contributed by atoms with Crippen LogP contribution >= 0.6 is 11.8 Å². The lowest BCUT2D eigenvalue weighted by Gasteiger charge is -2.20. The number of allylic oxidation sites excluding steroid dienone is 2. The highest BCUT2D eigenvalue weighted by Gasteiger charge is 2.27. The van der Waals surface area contributed by atoms with E-state index in [0.29, 0.717) is 5.56 Å². The highest BCUT2D eigenvalue weighted by molar-refractivity contribution is 8.00. The Balaban J connectivity index is 2.15. The fraction of sp³-hybridized carbons (Fsp3) is 0.214. The molecule has 0 atom stereocenters. The van der Waals surface area contributed by atoms with Crippen LogP contribution in [0.25, 0.3) is 0 Å². The zero-order valence-corrected chi connectivity index (χ0v) is 10.3. The van der Waals surface area contributed by atoms with E-state index < -0.39 is 5.00 Å². The molecule has 3 heteroatoms. The summed E-state index contributed by atoms with van der Waals surface area (Å²) in [6.45, 7) is 0. The first kappa shape index (κ1) is 12.1. The van der Waals surface area contributed by atoms with Crippen molar-refractivity contribution in [2.45, 2.75) is 5.00 Å². The Labute approximate surface area is 104 Å². The van der Waals surface area contributed by atoms with E-state index in [-0.39, 0.29) is 11.7 Å². The average molecular weight is 248 g/mol. The molecule has 0 N–H and O–H groups in total. The van der Waals surface area contributed by atoms with E-state index in [2.05, 4.69) is 0 Å². The van der Waals surface area contributed by atoms with Gasteiger partial charge in [0.2, 0.25) is 0 Å². The van der Waals surface area contributed by atoms with Crippen molar-refractivity contribution < 1.29 is 9.18 Å². The number of alkyl halides is 1. The van der Waals surface area contributed by atoms with Crippen molar-refractivity contribution in [3.8, 4) is 0 Å². The van der Waals surface area contributed by atoms with Crippen molar-refractivity contribution >= 4 is 17.5 Å². The number of ketones is 1. The third-order valence-corrected chi connectivity index (χ3v) is 3.63. The molecular weight excluding hydrogens is 235 g/mol. The molecular formula is C14H13FOS. The molecule has 0 saturated heterocycles. The van der Waals surface area contributed by atoms with Crippen LogP contribution in [-0.4, -0.2) is 17.0 Å². The minimum absolute atomic E-state index is 0.00116. The van der Waals surface area contributed by atoms with Gasteiger partial charge in [0.15, 0.2) is 10.8 Å². The highest BCUT2D eigenvalue weighted by atomic mass is 32.2. The summed E-state index contributed by atoms with van der Waals surface area (Å²) >= 11 is 1.11. The monoisotopic (exact) mass is 248 g/mol. The van der Waals surface area contributed by atoms with Gasteiger partial charge in [0.05, 0.1) is 5.92 Å². The van der Waals surface area contributed by atoms with Gasteiger partial charge in [0.1, 0.15) is 0 Å². The van der Waals surface area contributed by atoms with Crippen molar-refractivity contribution in [1.82, 2.24) is 0 Å². The van der Waals surface area contributed by atoms with Crippen LogP contribution < -0.4 is 0 Å². The summed E-state index contributed by atoms with van der Waals surface area (Å²) in [5.41, 5.74) is 0.655. The standard InChI is InChI=1S/C14H13FOS/c1-17-14(15)9-7-12(8-10-14)13(16)11-5-3-2-4-6-11/h2-10,12H,1H3. The molecule has 0 saturated carbocycles. The van der Waals surface area contributed by atoms with Gasteiger partial charge < -0.3 is 0 Å². The van der Waals surface area contributed by atoms with Gasteiger partial charge in [-0.25, -0.2) is 4.39 Å². The van der Waals surface area contributed by atoms with Crippen LogP contribution in [0, 0.1) is 5.92 Å². The number of rotatable bonds is 3. The van der Waals surface area contributed by atoms with Gasteiger partial charge in [-0.15, -0.1) is 11.8 Å². The normalized spacial score (nSPS) is 27.1. The number of halogens is 1. The molecule has 1 nitrogen and oxygen atoms in total. The molecule has 17 heavy (non-hydrogen) atoms. The second-order valence-corrected chi connectivity index (χ2v) is 4.91. The smallest absolute Gasteiger partial charge is 0.192 e. The van der Waals surface area contributed by atoms with Gasteiger partial charge in [0, 0.05) is 5.56 Å². The molecule has 1 aliphatic carbocycles. The summed E-state index contributed by atoms with van der Waals surface area (Å²) in [6.07, 6.45) is 7.86. The van der Waals surface area contributed by atoms with E-state index >= 15 is 0 Å². The van der Waals surface area contributed by atoms with Gasteiger partial charge in [-0.05, 0) is 18.4 Å². The zero-order valence-electron chi connectivity index (χ0n) is 9.47. The van der Waals surface area contributed by atoms with Crippen LogP contribution in [0.5, 0.6) is 0 Å². The molecule has 1 aromatic rings. The van der Waals surface area contributed by atoms with Crippen LogP contribution in [0.15, 0.2) is 54.6 Å². The average Bonchev–Trinajstić information content (AvgIpc) is 2.40. The van der Waals surface area contributed by atoms with Gasteiger partial charge in [-0.1, -0.05) is 42.5 Å². The largest absolute Gasteiger partial charge is 0.293 e. The Kier molecular flexibility index (Phi) is 3.48. The molecule has 1 aromatic carbocycles. The second kappa shape index (κ2) is 4.88. The van der Waals surface area contributed by atoms with E-state index in [1.54, 1.807) is 30.5 Å². The Morgan fingerprint density at radius 1 is 1.24 bits per heavy atom. The summed E-state index contributed by atoms with van der Waals surface area (Å²) in [5.74, 6) is -0.352. The van der Waals surface area contributed by atoms with E-state index in [0.717, 1.165) is 11.8 Å². The van der Waals surface area contributed by atoms with Crippen LogP contribution in [0.3, 0.4) is 0 Å². The van der Waals surface area contributed by atoms with E-state index in [9.17, 15) is 9.18 Å². The van der Waals surface area contributed by atoms with Crippen LogP contribution in [-0.2, 0) is 0 Å². The summed E-state index contributed by atoms with van der Waals surface area (Å²) in [7, 11) is 0. The van der Waals surface area contributed by atoms with Gasteiger partial charge in [-0.2, -0.15) is 0 Å². The lowest BCUT2D eigenvalue weighted by Crippen LogP contribution is -2.19. The van der Waals surface area contributed by atoms with Crippen molar-refractivity contribution in [2.75, 3.05) is 6.26 Å². The summed E-state index contributed by atoms with van der Waals surface area (Å²) < 4.78 is 13.8. The molecule has 0 fully saturated rings. The number of carbonyl (C=O) groups excluding carboxylic acids is 1. The maximum Gasteiger partial charge on any atom is 0.192 e. The lowest BCUT2D eigenvalue weighted by atomic mass is 9.93. The van der Waals surface area contributed by atoms with Gasteiger partial charge >= 0.3 is 0 Å². The van der Waals surface area contributed by atoms with Crippen molar-refractivity contribution in [3.05, 3.63) is 60.2 Å². The van der Waals surface area contributed by atoms with Gasteiger partial charge in [0.25, 0.3) is 0 Å². The number of benzene rings is 1. The summed E-state index contributed by atoms with van der Waals surface area (Å²) in [4.78, 5) is 12.1. The molecule has 1 aliphatic rings. The predicted molar refractivity (Wildman–Crippen MR) is 69.9 cm³/mol. The minimum atomic E-state index is -1.46. The van der Waals surface area contributed by atoms with Crippen molar-refractivity contribution in [3.63, 3.8) is 0 Å². The topological polar surface area (TPSA) is 17.1 Å². The number of hydrogen-bond acceptors (Lipinski definition) is 2. The van der Waals surface area contributed by atoms with Crippen molar-refractivity contribution in [1.29, 1.82) is 0 Å². The van der Waals surface area contributed by atoms with E-state index in [1.165, 1.54) is 12.2 Å². The number of Topliss-reactive ketones (excluding diaryl/α,β-unsaturated/α-hetero) is 1. The zero-order chi connectivity index (χ0) is 12.3. The summed E-state index contributed by atoms with van der Waals surface area (Å²) in [5, 5.41) is -1.46. The van der Waals surface area contributed by atoms with Crippen LogP contribution in [0.2, 0.25) is 0 Å². The molecule has 0 unspecified atom stereocenters. The third kappa shape index (κ3) is 2.67. The van der Waals surface area contributed by atoms with E-state index in [1.807, 2.05) is 18.2 Å².